The zero-order chi connectivity index (χ0) is 87.7. The van der Waals surface area contributed by atoms with E-state index in [1.807, 2.05) is 0 Å². The summed E-state index contributed by atoms with van der Waals surface area (Å²) in [5, 5.41) is -132. The van der Waals surface area contributed by atoms with Crippen molar-refractivity contribution in [2.24, 2.45) is 0 Å². The van der Waals surface area contributed by atoms with E-state index in [1.165, 1.54) is 0 Å². The molecule has 0 aromatic carbocycles. The molecule has 0 N–H and O–H groups in total. The quantitative estimate of drug-likeness (QED) is 0.0412. The Labute approximate surface area is 969 Å². The molecule has 105 heteroatoms. The molecule has 0 aliphatic carbocycles. The fourth-order valence-corrected chi connectivity index (χ4v) is 793. The minimum absolute atomic E-state index is 0. The van der Waals surface area contributed by atoms with Gasteiger partial charge in [0, 0.05) is 205 Å². The van der Waals surface area contributed by atoms with Crippen molar-refractivity contribution in [1.82, 2.24) is 0 Å². The van der Waals surface area contributed by atoms with Crippen LogP contribution in [0.2, 0.25) is 0 Å². The van der Waals surface area contributed by atoms with Crippen LogP contribution in [-0.2, 0) is 972 Å². The first-order valence-electron chi connectivity index (χ1n) is 17.4. The summed E-state index contributed by atoms with van der Waals surface area (Å²) in [6.45, 7) is 0. The monoisotopic (exact) mass is 3430 g/mol. The molecular weight excluding hydrogens is 3440 g/mol. The molecule has 0 aliphatic heterocycles. The van der Waals surface area contributed by atoms with Crippen LogP contribution in [0.1, 0.15) is 0 Å². The summed E-state index contributed by atoms with van der Waals surface area (Å²) in [5.74, 6) is 0. The van der Waals surface area contributed by atoms with E-state index in [0.717, 1.165) is 0 Å². The van der Waals surface area contributed by atoms with E-state index in [2.05, 4.69) is 16.4 Å². The van der Waals surface area contributed by atoms with Crippen molar-refractivity contribution in [1.29, 1.82) is 0 Å². The molecule has 0 rings (SSSR count). The minimum Gasteiger partial charge on any atom is -0.338 e. The molecule has 1 radical (unpaired) electrons. The maximum Gasteiger partial charge on any atom is 0.0451 e. The van der Waals surface area contributed by atoms with Crippen LogP contribution in [0.5, 0.6) is 0 Å². The molecule has 0 fully saturated rings. The summed E-state index contributed by atoms with van der Waals surface area (Å²) >= 11 is 423. The molecule has 0 aromatic heterocycles. The van der Waals surface area contributed by atoms with Crippen molar-refractivity contribution >= 4 is 968 Å². The van der Waals surface area contributed by atoms with Crippen LogP contribution in [-0.4, -0.2) is 4.70 Å². The molecule has 0 amide bonds. The van der Waals surface area contributed by atoms with Crippen LogP contribution in [0.25, 0.3) is 0 Å². The second-order valence-electron chi connectivity index (χ2n) is 14.0. The standard InChI is InChI=1S/CHS104.Y/c2-1-72(3,4)74(8,9)76(12,13)78(16,17)80(20,21)82(24,25)84(28,29)86(32,33)88(36,37)90(40,41)92(44,45)94(48,49)96(52,53)98(56,57)100(60,61)102(64,65)104(68,69)105(70,71)103(66,67)101(62,63)99(58,59)97(54,55)95(50,51)93(46,47)91(42,43)89(38,39)87(34,35)85(30,31)83(26,27)81(22,23)79(18,19)77(14,15)75(10,11)73(5,6)7;/h(H,5,6,7);/q-1;. The zero-order valence-electron chi connectivity index (χ0n) is 43.6. The van der Waals surface area contributed by atoms with Crippen molar-refractivity contribution in [2.75, 3.05) is 0 Å². The average Bonchev–Trinajstić information content (AvgIpc) is 0.679. The number of hydrogen-bond donors (Lipinski definition) is 1. The van der Waals surface area contributed by atoms with Crippen molar-refractivity contribution in [2.45, 2.75) is 0 Å². The number of thiocarbonyl (C=S) groups is 1. The maximum absolute atomic E-state index is 6.24. The fraction of sp³-hybridized carbons (Fsp3) is 0. The third-order valence-corrected chi connectivity index (χ3v) is 668. The fourth-order valence-electron chi connectivity index (χ4n) is 3.32. The molecule has 0 heterocycles. The van der Waals surface area contributed by atoms with Crippen molar-refractivity contribution in [3.63, 3.8) is 0 Å². The van der Waals surface area contributed by atoms with E-state index < -0.39 is 178 Å². The topological polar surface area (TPSA) is 0 Å². The van der Waals surface area contributed by atoms with Gasteiger partial charge in [0.2, 0.25) is 0 Å². The third-order valence-electron chi connectivity index (χ3n) is 8.38. The van der Waals surface area contributed by atoms with Crippen LogP contribution >= 0.6 is 23.9 Å². The van der Waals surface area contributed by atoms with E-state index in [-0.39, 0.29) is 32.7 Å². The molecule has 0 bridgehead atoms. The number of rotatable bonds is 34. The second kappa shape index (κ2) is 42.9. The Balaban J connectivity index is 0. The number of hydrogen-bond acceptors (Lipinski definition) is 69. The minimum atomic E-state index is -4.24. The van der Waals surface area contributed by atoms with Gasteiger partial charge in [-0.2, -0.15) is 0 Å². The van der Waals surface area contributed by atoms with Gasteiger partial charge in [-0.3, -0.25) is 0 Å². The van der Waals surface area contributed by atoms with Crippen molar-refractivity contribution in [3.8, 4) is 0 Å². The molecule has 0 atom stereocenters. The predicted molar refractivity (Wildman–Crippen MR) is 773 cm³/mol. The SMILES string of the molecule is S=[C-]S(=S)(=S)S(=S)(=S)S(=S)(=S)S(=S)(=S)S(=S)(=S)S(=S)(=S)S(=S)(=S)S(=S)(=S)S(=S)(=S)S(=S)(=S)S(=S)(=S)S(=S)(=S)S(=S)(=S)S(=S)(=S)S(=S)(=S)S(=S)(=S)S(=S)(=S)S(=S)(=S)S(=S)(=S)S(=S)(=S)S(=S)(=S)S(=S)(=S)S(=S)(=S)S(=S)(=S)S(=S)(=S)S(=S)(=S)S(=S)(=S)S(=S)(=S)S(=S)(=S)S(=S)(=S)S(=S)(=S)S(=S)(=S)S(=S)(=S)S(=S)(=S)S.[Y]. The van der Waals surface area contributed by atoms with E-state index in [0.29, 0.717) is 0 Å². The summed E-state index contributed by atoms with van der Waals surface area (Å²) in [6.07, 6.45) is -3.18. The Morgan fingerprint density at radius 1 is 0.113 bits per heavy atom. The molecule has 0 aromatic rings. The van der Waals surface area contributed by atoms with Gasteiger partial charge in [0.05, 0.1) is 0 Å². The van der Waals surface area contributed by atoms with Gasteiger partial charge in [0.1, 0.15) is 0 Å². The largest absolute Gasteiger partial charge is 0.338 e. The van der Waals surface area contributed by atoms with Crippen molar-refractivity contribution < 1.29 is 32.7 Å². The first-order valence-corrected chi connectivity index (χ1v) is 154. The maximum atomic E-state index is 6.24. The van der Waals surface area contributed by atoms with E-state index in [4.69, 9.17) is 773 Å². The molecule has 0 spiro atoms. The van der Waals surface area contributed by atoms with Gasteiger partial charge in [-0.05, 0) is 738 Å². The molecule has 0 unspecified atom stereocenters. The average molecular weight is 3440 g/mol. The zero-order valence-corrected chi connectivity index (χ0v) is 131. The molecule has 0 nitrogen and oxygen atoms in total. The van der Waals surface area contributed by atoms with Gasteiger partial charge in [-0.25, -0.2) is 0 Å². The number of thiol groups is 1. The molecule has 0 saturated carbocycles. The third kappa shape index (κ3) is 21.2. The van der Waals surface area contributed by atoms with Crippen molar-refractivity contribution in [3.05, 3.63) is 0 Å². The molecule has 0 aliphatic rings. The van der Waals surface area contributed by atoms with E-state index in [1.54, 1.807) is 0 Å². The summed E-state index contributed by atoms with van der Waals surface area (Å²) in [7, 11) is 0. The Bertz CT molecular complexity index is 8350. The summed E-state index contributed by atoms with van der Waals surface area (Å²) in [5.41, 5.74) is 0. The first kappa shape index (κ1) is 136. The molecule has 0 saturated heterocycles. The Morgan fingerprint density at radius 2 is 0.170 bits per heavy atom. The Kier molecular flexibility index (Phi) is 55.3. The van der Waals surface area contributed by atoms with Crippen LogP contribution in [0.4, 0.5) is 0 Å². The van der Waals surface area contributed by atoms with E-state index >= 15 is 0 Å². The molecular formula is CHS104Y-. The van der Waals surface area contributed by atoms with Gasteiger partial charge in [0.25, 0.3) is 0 Å². The Hall–Kier alpha value is 28.4. The van der Waals surface area contributed by atoms with Crippen LogP contribution in [0.15, 0.2) is 0 Å². The smallest absolute Gasteiger partial charge is 0.0451 e. The first-order chi connectivity index (χ1) is 43.8. The second-order valence-corrected chi connectivity index (χ2v) is 373. The van der Waals surface area contributed by atoms with Crippen LogP contribution < -0.4 is 0 Å². The van der Waals surface area contributed by atoms with Gasteiger partial charge >= 0.3 is 0 Å². The van der Waals surface area contributed by atoms with E-state index in [9.17, 15) is 0 Å². The van der Waals surface area contributed by atoms with Gasteiger partial charge < -0.3 is 16.9 Å². The van der Waals surface area contributed by atoms with Gasteiger partial charge in [0.15, 0.2) is 0 Å². The summed E-state index contributed by atoms with van der Waals surface area (Å²) in [6, 6.07) is 0. The summed E-state index contributed by atoms with van der Waals surface area (Å²) in [4.78, 5) is 0. The summed E-state index contributed by atoms with van der Waals surface area (Å²) < 4.78 is 2.33. The Morgan fingerprint density at radius 3 is 0.226 bits per heavy atom. The van der Waals surface area contributed by atoms with Gasteiger partial charge in [-0.15, -0.1) is 6.18 Å². The van der Waals surface area contributed by atoms with Crippen LogP contribution in [0, 0.1) is 0 Å². The molecule has 633 valence electrons. The normalized spacial score (nSPS) is 16.8. The molecule has 106 heavy (non-hydrogen) atoms. The van der Waals surface area contributed by atoms with Gasteiger partial charge in [-0.1, -0.05) is 34.0 Å². The predicted octanol–water partition coefficient (Wildman–Crippen LogP) is 0.503. The van der Waals surface area contributed by atoms with Crippen LogP contribution in [0.3, 0.4) is 0 Å².